The lowest BCUT2D eigenvalue weighted by molar-refractivity contribution is -0.131. The molecule has 1 aliphatic carbocycles. The molecule has 0 spiro atoms. The molecule has 1 aromatic rings. The quantitative estimate of drug-likeness (QED) is 0.760. The van der Waals surface area contributed by atoms with E-state index in [1.807, 2.05) is 18.2 Å². The SMILES string of the molecule is CN(C(=O)CCC(=O)c1ccc2c(c1)CCC2)C1CCS(=O)(=O)C1. The summed E-state index contributed by atoms with van der Waals surface area (Å²) in [5.74, 6) is -0.00531. The summed E-state index contributed by atoms with van der Waals surface area (Å²) >= 11 is 0. The van der Waals surface area contributed by atoms with Crippen molar-refractivity contribution in [2.24, 2.45) is 0 Å². The van der Waals surface area contributed by atoms with Crippen LogP contribution in [0.25, 0.3) is 0 Å². The number of amides is 1. The smallest absolute Gasteiger partial charge is 0.223 e. The third-order valence-corrected chi connectivity index (χ3v) is 6.89. The van der Waals surface area contributed by atoms with Gasteiger partial charge in [-0.05, 0) is 42.9 Å². The molecule has 0 N–H and O–H groups in total. The van der Waals surface area contributed by atoms with Gasteiger partial charge in [0.05, 0.1) is 11.5 Å². The minimum Gasteiger partial charge on any atom is -0.342 e. The van der Waals surface area contributed by atoms with E-state index in [1.54, 1.807) is 7.05 Å². The Morgan fingerprint density at radius 2 is 1.92 bits per heavy atom. The summed E-state index contributed by atoms with van der Waals surface area (Å²) in [6.45, 7) is 0. The summed E-state index contributed by atoms with van der Waals surface area (Å²) in [6, 6.07) is 5.58. The molecule has 1 atom stereocenters. The number of nitrogens with zero attached hydrogens (tertiary/aromatic N) is 1. The number of carbonyl (C=O) groups is 2. The van der Waals surface area contributed by atoms with Gasteiger partial charge in [0.2, 0.25) is 5.91 Å². The third kappa shape index (κ3) is 3.69. The van der Waals surface area contributed by atoms with Crippen LogP contribution in [0, 0.1) is 0 Å². The number of carbonyl (C=O) groups excluding carboxylic acids is 2. The first-order valence-electron chi connectivity index (χ1n) is 8.47. The molecule has 1 unspecified atom stereocenters. The molecule has 24 heavy (non-hydrogen) atoms. The Morgan fingerprint density at radius 1 is 1.17 bits per heavy atom. The second-order valence-electron chi connectivity index (χ2n) is 6.82. The number of hydrogen-bond donors (Lipinski definition) is 0. The summed E-state index contributed by atoms with van der Waals surface area (Å²) in [4.78, 5) is 26.1. The van der Waals surface area contributed by atoms with Crippen LogP contribution < -0.4 is 0 Å². The molecule has 130 valence electrons. The van der Waals surface area contributed by atoms with E-state index in [0.717, 1.165) is 19.3 Å². The highest BCUT2D eigenvalue weighted by Crippen LogP contribution is 2.24. The zero-order chi connectivity index (χ0) is 17.3. The summed E-state index contributed by atoms with van der Waals surface area (Å²) in [5.41, 5.74) is 3.25. The van der Waals surface area contributed by atoms with E-state index in [2.05, 4.69) is 0 Å². The van der Waals surface area contributed by atoms with Crippen molar-refractivity contribution in [3.63, 3.8) is 0 Å². The average Bonchev–Trinajstić information content (AvgIpc) is 3.16. The second-order valence-corrected chi connectivity index (χ2v) is 9.05. The fraction of sp³-hybridized carbons (Fsp3) is 0.556. The first-order chi connectivity index (χ1) is 11.4. The molecule has 0 aromatic heterocycles. The maximum absolute atomic E-state index is 12.3. The van der Waals surface area contributed by atoms with Crippen molar-refractivity contribution >= 4 is 21.5 Å². The molecule has 1 saturated heterocycles. The fourth-order valence-corrected chi connectivity index (χ4v) is 5.35. The lowest BCUT2D eigenvalue weighted by Gasteiger charge is -2.23. The van der Waals surface area contributed by atoms with Gasteiger partial charge in [0.15, 0.2) is 15.6 Å². The number of hydrogen-bond acceptors (Lipinski definition) is 4. The standard InChI is InChI=1S/C18H23NO4S/c1-19(16-9-10-24(22,23)12-16)18(21)8-7-17(20)15-6-5-13-3-2-4-14(13)11-15/h5-6,11,16H,2-4,7-10,12H2,1H3. The molecule has 1 fully saturated rings. The van der Waals surface area contributed by atoms with Gasteiger partial charge in [-0.25, -0.2) is 8.42 Å². The molecule has 1 amide bonds. The number of benzene rings is 1. The lowest BCUT2D eigenvalue weighted by Crippen LogP contribution is -2.37. The molecular weight excluding hydrogens is 326 g/mol. The van der Waals surface area contributed by atoms with Crippen molar-refractivity contribution in [1.29, 1.82) is 0 Å². The molecule has 1 aliphatic heterocycles. The Hall–Kier alpha value is -1.69. The molecule has 1 aromatic carbocycles. The van der Waals surface area contributed by atoms with Crippen LogP contribution in [0.1, 0.15) is 47.2 Å². The number of rotatable bonds is 5. The number of aryl methyl sites for hydroxylation is 2. The van der Waals surface area contributed by atoms with Crippen molar-refractivity contribution < 1.29 is 18.0 Å². The maximum Gasteiger partial charge on any atom is 0.223 e. The largest absolute Gasteiger partial charge is 0.342 e. The van der Waals surface area contributed by atoms with Gasteiger partial charge in [-0.15, -0.1) is 0 Å². The first kappa shape index (κ1) is 17.1. The normalized spacial score (nSPS) is 21.5. The minimum absolute atomic E-state index is 0.0227. The molecule has 0 radical (unpaired) electrons. The fourth-order valence-electron chi connectivity index (χ4n) is 3.57. The molecular formula is C18H23NO4S. The predicted molar refractivity (Wildman–Crippen MR) is 91.9 cm³/mol. The van der Waals surface area contributed by atoms with Crippen molar-refractivity contribution in [2.45, 2.75) is 44.6 Å². The molecule has 6 heteroatoms. The Labute approximate surface area is 143 Å². The van der Waals surface area contributed by atoms with Crippen LogP contribution in [-0.4, -0.2) is 49.6 Å². The highest BCUT2D eigenvalue weighted by Gasteiger charge is 2.32. The molecule has 1 heterocycles. The van der Waals surface area contributed by atoms with E-state index >= 15 is 0 Å². The number of fused-ring (bicyclic) bond motifs is 1. The summed E-state index contributed by atoms with van der Waals surface area (Å²) < 4.78 is 23.0. The topological polar surface area (TPSA) is 71.5 Å². The van der Waals surface area contributed by atoms with E-state index in [4.69, 9.17) is 0 Å². The van der Waals surface area contributed by atoms with Crippen LogP contribution in [0.15, 0.2) is 18.2 Å². The summed E-state index contributed by atoms with van der Waals surface area (Å²) in [6.07, 6.45) is 4.03. The summed E-state index contributed by atoms with van der Waals surface area (Å²) in [7, 11) is -1.38. The minimum atomic E-state index is -3.01. The molecule has 5 nitrogen and oxygen atoms in total. The van der Waals surface area contributed by atoms with E-state index in [0.29, 0.717) is 12.0 Å². The van der Waals surface area contributed by atoms with E-state index in [-0.39, 0.29) is 42.1 Å². The van der Waals surface area contributed by atoms with E-state index in [9.17, 15) is 18.0 Å². The van der Waals surface area contributed by atoms with Gasteiger partial charge in [0, 0.05) is 31.5 Å². The van der Waals surface area contributed by atoms with Crippen LogP contribution in [0.2, 0.25) is 0 Å². The Balaban J connectivity index is 1.55. The van der Waals surface area contributed by atoms with Gasteiger partial charge in [-0.2, -0.15) is 0 Å². The van der Waals surface area contributed by atoms with Gasteiger partial charge >= 0.3 is 0 Å². The second kappa shape index (κ2) is 6.67. The Kier molecular flexibility index (Phi) is 4.76. The predicted octanol–water partition coefficient (Wildman–Crippen LogP) is 1.78. The highest BCUT2D eigenvalue weighted by molar-refractivity contribution is 7.91. The van der Waals surface area contributed by atoms with Crippen LogP contribution in [-0.2, 0) is 27.5 Å². The highest BCUT2D eigenvalue weighted by atomic mass is 32.2. The lowest BCUT2D eigenvalue weighted by atomic mass is 10.0. The molecule has 2 aliphatic rings. The molecule has 0 saturated carbocycles. The van der Waals surface area contributed by atoms with Gasteiger partial charge < -0.3 is 4.90 Å². The first-order valence-corrected chi connectivity index (χ1v) is 10.3. The third-order valence-electron chi connectivity index (χ3n) is 5.14. The molecule has 3 rings (SSSR count). The number of sulfone groups is 1. The van der Waals surface area contributed by atoms with Crippen molar-refractivity contribution in [3.8, 4) is 0 Å². The van der Waals surface area contributed by atoms with Gasteiger partial charge in [-0.3, -0.25) is 9.59 Å². The van der Waals surface area contributed by atoms with Crippen molar-refractivity contribution in [3.05, 3.63) is 34.9 Å². The monoisotopic (exact) mass is 349 g/mol. The van der Waals surface area contributed by atoms with Crippen LogP contribution in [0.5, 0.6) is 0 Å². The van der Waals surface area contributed by atoms with Crippen LogP contribution in [0.3, 0.4) is 0 Å². The Bertz CT molecular complexity index is 769. The number of Topliss-reactive ketones (excluding diaryl/α,β-unsaturated/α-hetero) is 1. The zero-order valence-corrected chi connectivity index (χ0v) is 14.8. The van der Waals surface area contributed by atoms with Crippen molar-refractivity contribution in [2.75, 3.05) is 18.6 Å². The van der Waals surface area contributed by atoms with Gasteiger partial charge in [0.1, 0.15) is 0 Å². The maximum atomic E-state index is 12.3. The van der Waals surface area contributed by atoms with E-state index < -0.39 is 9.84 Å². The van der Waals surface area contributed by atoms with E-state index in [1.165, 1.54) is 16.0 Å². The van der Waals surface area contributed by atoms with Crippen molar-refractivity contribution in [1.82, 2.24) is 4.90 Å². The Morgan fingerprint density at radius 3 is 2.62 bits per heavy atom. The zero-order valence-electron chi connectivity index (χ0n) is 14.0. The van der Waals surface area contributed by atoms with Gasteiger partial charge in [-0.1, -0.05) is 12.1 Å². The average molecular weight is 349 g/mol. The van der Waals surface area contributed by atoms with Crippen LogP contribution in [0.4, 0.5) is 0 Å². The van der Waals surface area contributed by atoms with Crippen LogP contribution >= 0.6 is 0 Å². The number of ketones is 1. The molecule has 0 bridgehead atoms. The summed E-state index contributed by atoms with van der Waals surface area (Å²) in [5, 5.41) is 0. The van der Waals surface area contributed by atoms with Gasteiger partial charge in [0.25, 0.3) is 0 Å².